The Hall–Kier alpha value is -2.11. The van der Waals surface area contributed by atoms with Crippen LogP contribution in [0.15, 0.2) is 18.3 Å². The topological polar surface area (TPSA) is 82.5 Å². The van der Waals surface area contributed by atoms with Gasteiger partial charge in [-0.1, -0.05) is 0 Å². The molecule has 0 aliphatic carbocycles. The number of nitrogens with zero attached hydrogens (tertiary/aromatic N) is 2. The molecule has 2 heterocycles. The second-order valence-electron chi connectivity index (χ2n) is 4.90. The number of carboxylic acid groups (broad SMARTS) is 1. The van der Waals surface area contributed by atoms with Gasteiger partial charge in [0.25, 0.3) is 5.91 Å². The molecule has 0 radical (unpaired) electrons. The van der Waals surface area contributed by atoms with Crippen molar-refractivity contribution in [2.24, 2.45) is 0 Å². The Balaban J connectivity index is 2.23. The van der Waals surface area contributed by atoms with Gasteiger partial charge in [0.05, 0.1) is 12.0 Å². The first-order valence-corrected chi connectivity index (χ1v) is 6.79. The van der Waals surface area contributed by atoms with Crippen LogP contribution in [0.25, 0.3) is 0 Å². The third-order valence-electron chi connectivity index (χ3n) is 3.57. The Morgan fingerprint density at radius 2 is 2.30 bits per heavy atom. The number of amides is 1. The molecule has 1 aromatic rings. The highest BCUT2D eigenvalue weighted by Crippen LogP contribution is 2.23. The molecule has 0 bridgehead atoms. The second-order valence-corrected chi connectivity index (χ2v) is 4.90. The highest BCUT2D eigenvalue weighted by Gasteiger charge is 2.30. The van der Waals surface area contributed by atoms with E-state index >= 15 is 0 Å². The maximum absolute atomic E-state index is 12.6. The van der Waals surface area contributed by atoms with E-state index in [-0.39, 0.29) is 18.4 Å². The monoisotopic (exact) mass is 277 g/mol. The van der Waals surface area contributed by atoms with Crippen LogP contribution in [0.1, 0.15) is 36.0 Å². The number of hydrogen-bond acceptors (Lipinski definition) is 4. The van der Waals surface area contributed by atoms with Gasteiger partial charge in [-0.05, 0) is 31.4 Å². The lowest BCUT2D eigenvalue weighted by atomic mass is 9.98. The third-order valence-corrected chi connectivity index (χ3v) is 3.57. The maximum Gasteiger partial charge on any atom is 0.305 e. The molecule has 0 saturated carbocycles. The zero-order valence-corrected chi connectivity index (χ0v) is 11.5. The van der Waals surface area contributed by atoms with E-state index in [0.29, 0.717) is 17.9 Å². The molecule has 0 spiro atoms. The number of piperidine rings is 1. The number of rotatable bonds is 4. The molecule has 2 N–H and O–H groups in total. The van der Waals surface area contributed by atoms with Crippen LogP contribution in [-0.2, 0) is 4.79 Å². The van der Waals surface area contributed by atoms with Gasteiger partial charge < -0.3 is 15.3 Å². The van der Waals surface area contributed by atoms with Gasteiger partial charge in [-0.25, -0.2) is 4.98 Å². The van der Waals surface area contributed by atoms with E-state index in [1.807, 2.05) is 0 Å². The first-order valence-electron chi connectivity index (χ1n) is 6.79. The first kappa shape index (κ1) is 14.3. The smallest absolute Gasteiger partial charge is 0.305 e. The van der Waals surface area contributed by atoms with Crippen LogP contribution in [-0.4, -0.2) is 46.5 Å². The van der Waals surface area contributed by atoms with Crippen molar-refractivity contribution in [1.82, 2.24) is 9.88 Å². The molecular weight excluding hydrogens is 258 g/mol. The number of aromatic nitrogens is 1. The van der Waals surface area contributed by atoms with E-state index in [1.165, 1.54) is 0 Å². The fourth-order valence-corrected chi connectivity index (χ4v) is 2.61. The van der Waals surface area contributed by atoms with E-state index in [1.54, 1.807) is 30.3 Å². The number of anilines is 1. The van der Waals surface area contributed by atoms with Crippen molar-refractivity contribution in [3.8, 4) is 0 Å². The molecule has 108 valence electrons. The molecule has 1 aliphatic heterocycles. The van der Waals surface area contributed by atoms with Gasteiger partial charge in [0.2, 0.25) is 0 Å². The quantitative estimate of drug-likeness (QED) is 0.873. The fraction of sp³-hybridized carbons (Fsp3) is 0.500. The summed E-state index contributed by atoms with van der Waals surface area (Å²) >= 11 is 0. The SMILES string of the molecule is CNc1ncccc1C(=O)N1CCCC[C@@H]1CC(=O)O. The third kappa shape index (κ3) is 3.07. The van der Waals surface area contributed by atoms with Gasteiger partial charge in [0.1, 0.15) is 5.82 Å². The van der Waals surface area contributed by atoms with E-state index in [0.717, 1.165) is 19.3 Å². The normalized spacial score (nSPS) is 18.6. The van der Waals surface area contributed by atoms with Crippen LogP contribution in [0.3, 0.4) is 0 Å². The molecule has 20 heavy (non-hydrogen) atoms. The van der Waals surface area contributed by atoms with Gasteiger partial charge in [0, 0.05) is 25.8 Å². The minimum absolute atomic E-state index is 0.000882. The largest absolute Gasteiger partial charge is 0.481 e. The highest BCUT2D eigenvalue weighted by molar-refractivity contribution is 5.99. The summed E-state index contributed by atoms with van der Waals surface area (Å²) in [6.45, 7) is 0.606. The zero-order valence-electron chi connectivity index (χ0n) is 11.5. The zero-order chi connectivity index (χ0) is 14.5. The molecule has 0 aromatic carbocycles. The number of aliphatic carboxylic acids is 1. The molecule has 1 aromatic heterocycles. The van der Waals surface area contributed by atoms with Crippen LogP contribution >= 0.6 is 0 Å². The summed E-state index contributed by atoms with van der Waals surface area (Å²) in [5, 5.41) is 11.9. The molecule has 1 amide bonds. The summed E-state index contributed by atoms with van der Waals surface area (Å²) < 4.78 is 0. The Bertz CT molecular complexity index is 504. The second kappa shape index (κ2) is 6.36. The maximum atomic E-state index is 12.6. The Kier molecular flexibility index (Phi) is 4.55. The first-order chi connectivity index (χ1) is 9.63. The number of carbonyl (C=O) groups is 2. The van der Waals surface area contributed by atoms with E-state index in [4.69, 9.17) is 5.11 Å². The summed E-state index contributed by atoms with van der Waals surface area (Å²) in [6, 6.07) is 3.20. The Labute approximate surface area is 117 Å². The molecule has 1 aliphatic rings. The predicted molar refractivity (Wildman–Crippen MR) is 74.7 cm³/mol. The minimum atomic E-state index is -0.866. The van der Waals surface area contributed by atoms with Gasteiger partial charge in [-0.15, -0.1) is 0 Å². The van der Waals surface area contributed by atoms with Crippen molar-refractivity contribution in [1.29, 1.82) is 0 Å². The molecular formula is C14H19N3O3. The predicted octanol–water partition coefficient (Wildman–Crippen LogP) is 1.59. The number of carbonyl (C=O) groups excluding carboxylic acids is 1. The van der Waals surface area contributed by atoms with E-state index in [9.17, 15) is 9.59 Å². The Morgan fingerprint density at radius 1 is 1.50 bits per heavy atom. The van der Waals surface area contributed by atoms with Crippen LogP contribution < -0.4 is 5.32 Å². The van der Waals surface area contributed by atoms with Crippen molar-refractivity contribution < 1.29 is 14.7 Å². The van der Waals surface area contributed by atoms with Crippen LogP contribution in [0.5, 0.6) is 0 Å². The van der Waals surface area contributed by atoms with Gasteiger partial charge in [-0.2, -0.15) is 0 Å². The number of hydrogen-bond donors (Lipinski definition) is 2. The van der Waals surface area contributed by atoms with Crippen molar-refractivity contribution >= 4 is 17.7 Å². The minimum Gasteiger partial charge on any atom is -0.481 e. The summed E-state index contributed by atoms with van der Waals surface area (Å²) in [7, 11) is 1.71. The van der Waals surface area contributed by atoms with E-state index < -0.39 is 5.97 Å². The number of likely N-dealkylation sites (tertiary alicyclic amines) is 1. The van der Waals surface area contributed by atoms with E-state index in [2.05, 4.69) is 10.3 Å². The number of carboxylic acids is 1. The van der Waals surface area contributed by atoms with Crippen molar-refractivity contribution in [2.75, 3.05) is 18.9 Å². The lowest BCUT2D eigenvalue weighted by Gasteiger charge is -2.35. The van der Waals surface area contributed by atoms with Gasteiger partial charge in [0.15, 0.2) is 0 Å². The summed E-state index contributed by atoms with van der Waals surface area (Å²) in [6.07, 6.45) is 4.24. The van der Waals surface area contributed by atoms with Crippen LogP contribution in [0.4, 0.5) is 5.82 Å². The molecule has 6 heteroatoms. The van der Waals surface area contributed by atoms with Crippen LogP contribution in [0, 0.1) is 0 Å². The van der Waals surface area contributed by atoms with Crippen LogP contribution in [0.2, 0.25) is 0 Å². The van der Waals surface area contributed by atoms with Gasteiger partial charge in [-0.3, -0.25) is 9.59 Å². The average molecular weight is 277 g/mol. The van der Waals surface area contributed by atoms with Crippen molar-refractivity contribution in [2.45, 2.75) is 31.7 Å². The summed E-state index contributed by atoms with van der Waals surface area (Å²) in [4.78, 5) is 29.4. The Morgan fingerprint density at radius 3 is 3.00 bits per heavy atom. The average Bonchev–Trinajstić information content (AvgIpc) is 2.46. The van der Waals surface area contributed by atoms with Crippen molar-refractivity contribution in [3.63, 3.8) is 0 Å². The molecule has 2 rings (SSSR count). The molecule has 1 atom stereocenters. The lowest BCUT2D eigenvalue weighted by Crippen LogP contribution is -2.45. The summed E-state index contributed by atoms with van der Waals surface area (Å²) in [5.41, 5.74) is 0.493. The molecule has 1 saturated heterocycles. The lowest BCUT2D eigenvalue weighted by molar-refractivity contribution is -0.138. The summed E-state index contributed by atoms with van der Waals surface area (Å²) in [5.74, 6) is -0.486. The van der Waals surface area contributed by atoms with Gasteiger partial charge >= 0.3 is 5.97 Å². The number of pyridine rings is 1. The standard InChI is InChI=1S/C14H19N3O3/c1-15-13-11(6-4-7-16-13)14(20)17-8-3-2-5-10(17)9-12(18)19/h4,6-7,10H,2-3,5,8-9H2,1H3,(H,15,16)(H,18,19)/t10-/m1/s1. The fourth-order valence-electron chi connectivity index (χ4n) is 2.61. The molecule has 1 fully saturated rings. The number of nitrogens with one attached hydrogen (secondary N) is 1. The highest BCUT2D eigenvalue weighted by atomic mass is 16.4. The molecule has 6 nitrogen and oxygen atoms in total. The van der Waals surface area contributed by atoms with Crippen molar-refractivity contribution in [3.05, 3.63) is 23.9 Å². The molecule has 0 unspecified atom stereocenters.